The van der Waals surface area contributed by atoms with Crippen molar-refractivity contribution in [2.75, 3.05) is 13.2 Å². The molecule has 2 aromatic carbocycles. The van der Waals surface area contributed by atoms with Gasteiger partial charge in [0, 0.05) is 18.5 Å². The Hall–Kier alpha value is -3.06. The number of amides is 1. The van der Waals surface area contributed by atoms with Crippen LogP contribution in [0.3, 0.4) is 0 Å². The fourth-order valence-corrected chi connectivity index (χ4v) is 4.30. The fraction of sp³-hybridized carbons (Fsp3) is 0.385. The summed E-state index contributed by atoms with van der Waals surface area (Å²) in [5, 5.41) is 8.97. The molecule has 154 valence electrons. The number of ether oxygens (including phenoxy) is 1. The predicted molar refractivity (Wildman–Crippen MR) is 117 cm³/mol. The monoisotopic (exact) mass is 400 g/mol. The Morgan fingerprint density at radius 3 is 2.57 bits per heavy atom. The zero-order valence-electron chi connectivity index (χ0n) is 17.3. The van der Waals surface area contributed by atoms with E-state index in [9.17, 15) is 4.79 Å². The van der Waals surface area contributed by atoms with Crippen molar-refractivity contribution in [1.29, 1.82) is 5.26 Å². The molecule has 4 heteroatoms. The summed E-state index contributed by atoms with van der Waals surface area (Å²) in [4.78, 5) is 14.8. The lowest BCUT2D eigenvalue weighted by Gasteiger charge is -2.28. The Bertz CT molecular complexity index is 926. The molecule has 30 heavy (non-hydrogen) atoms. The maximum atomic E-state index is 12.8. The number of benzene rings is 2. The van der Waals surface area contributed by atoms with E-state index in [4.69, 9.17) is 10.00 Å². The first-order valence-corrected chi connectivity index (χ1v) is 10.7. The van der Waals surface area contributed by atoms with Crippen molar-refractivity contribution in [3.05, 3.63) is 83.9 Å². The largest absolute Gasteiger partial charge is 0.445 e. The summed E-state index contributed by atoms with van der Waals surface area (Å²) < 4.78 is 5.44. The van der Waals surface area contributed by atoms with Gasteiger partial charge in [-0.3, -0.25) is 0 Å². The Balaban J connectivity index is 1.41. The minimum atomic E-state index is -0.219. The van der Waals surface area contributed by atoms with Crippen molar-refractivity contribution >= 4 is 6.09 Å². The lowest BCUT2D eigenvalue weighted by molar-refractivity contribution is 0.0981. The molecular weight excluding hydrogens is 372 g/mol. The van der Waals surface area contributed by atoms with Crippen molar-refractivity contribution in [2.45, 2.75) is 44.1 Å². The van der Waals surface area contributed by atoms with Crippen LogP contribution < -0.4 is 0 Å². The molecule has 0 radical (unpaired) electrons. The highest BCUT2D eigenvalue weighted by molar-refractivity contribution is 5.69. The molecule has 0 spiro atoms. The Labute approximate surface area is 178 Å². The van der Waals surface area contributed by atoms with Crippen LogP contribution in [0.2, 0.25) is 0 Å². The van der Waals surface area contributed by atoms with Crippen LogP contribution in [0.25, 0.3) is 0 Å². The van der Waals surface area contributed by atoms with E-state index in [2.05, 4.69) is 36.9 Å². The highest BCUT2D eigenvalue weighted by atomic mass is 16.6. The van der Waals surface area contributed by atoms with E-state index in [0.29, 0.717) is 11.5 Å². The molecule has 0 aliphatic heterocycles. The highest BCUT2D eigenvalue weighted by Gasteiger charge is 2.51. The molecule has 0 heterocycles. The van der Waals surface area contributed by atoms with Crippen LogP contribution in [0, 0.1) is 16.7 Å². The van der Waals surface area contributed by atoms with E-state index in [-0.39, 0.29) is 24.2 Å². The molecule has 4 rings (SSSR count). The van der Waals surface area contributed by atoms with Crippen LogP contribution in [0.5, 0.6) is 0 Å². The average Bonchev–Trinajstić information content (AvgIpc) is 3.71. The molecule has 2 aromatic rings. The summed E-state index contributed by atoms with van der Waals surface area (Å²) in [7, 11) is 0. The molecular formula is C26H28N2O2. The van der Waals surface area contributed by atoms with Gasteiger partial charge in [-0.25, -0.2) is 4.79 Å². The summed E-state index contributed by atoms with van der Waals surface area (Å²) >= 11 is 0. The molecule has 4 nitrogen and oxygen atoms in total. The second-order valence-electron chi connectivity index (χ2n) is 8.62. The predicted octanol–water partition coefficient (Wildman–Crippen LogP) is 5.45. The first kappa shape index (κ1) is 20.2. The minimum absolute atomic E-state index is 0.185. The van der Waals surface area contributed by atoms with E-state index < -0.39 is 0 Å². The van der Waals surface area contributed by atoms with Gasteiger partial charge < -0.3 is 9.64 Å². The Morgan fingerprint density at radius 1 is 1.20 bits per heavy atom. The zero-order chi connectivity index (χ0) is 21.0. The van der Waals surface area contributed by atoms with Crippen LogP contribution in [0.15, 0.2) is 67.3 Å². The molecule has 2 atom stereocenters. The Morgan fingerprint density at radius 2 is 1.93 bits per heavy atom. The summed E-state index contributed by atoms with van der Waals surface area (Å²) in [6.07, 6.45) is 6.71. The van der Waals surface area contributed by atoms with Gasteiger partial charge in [-0.1, -0.05) is 55.1 Å². The van der Waals surface area contributed by atoms with E-state index in [1.165, 1.54) is 11.1 Å². The fourth-order valence-electron chi connectivity index (χ4n) is 4.30. The summed E-state index contributed by atoms with van der Waals surface area (Å²) in [5.74, 6) is 0.400. The number of nitriles is 1. The summed E-state index contributed by atoms with van der Waals surface area (Å²) in [6.45, 7) is 4.66. The number of carbonyl (C=O) groups excluding carboxylic acids is 1. The third kappa shape index (κ3) is 4.74. The summed E-state index contributed by atoms with van der Waals surface area (Å²) in [6, 6.07) is 20.7. The second-order valence-corrected chi connectivity index (χ2v) is 8.62. The number of hydrogen-bond acceptors (Lipinski definition) is 3. The van der Waals surface area contributed by atoms with Crippen molar-refractivity contribution in [1.82, 2.24) is 4.90 Å². The van der Waals surface area contributed by atoms with Crippen LogP contribution >= 0.6 is 0 Å². The van der Waals surface area contributed by atoms with Gasteiger partial charge in [0.2, 0.25) is 0 Å². The van der Waals surface area contributed by atoms with Crippen molar-refractivity contribution in [3.8, 4) is 6.07 Å². The smallest absolute Gasteiger partial charge is 0.410 e. The van der Waals surface area contributed by atoms with Crippen LogP contribution in [0.4, 0.5) is 4.79 Å². The Kier molecular flexibility index (Phi) is 5.90. The van der Waals surface area contributed by atoms with Crippen LogP contribution in [-0.4, -0.2) is 30.2 Å². The molecule has 0 aromatic heterocycles. The number of rotatable bonds is 9. The normalized spacial score (nSPS) is 20.6. The van der Waals surface area contributed by atoms with Crippen molar-refractivity contribution < 1.29 is 9.53 Å². The van der Waals surface area contributed by atoms with Gasteiger partial charge in [0.25, 0.3) is 0 Å². The van der Waals surface area contributed by atoms with E-state index in [1.54, 1.807) is 6.08 Å². The molecule has 0 N–H and O–H groups in total. The quantitative estimate of drug-likeness (QED) is 0.526. The first-order chi connectivity index (χ1) is 14.6. The maximum Gasteiger partial charge on any atom is 0.410 e. The highest BCUT2D eigenvalue weighted by Crippen LogP contribution is 2.53. The number of aryl methyl sites for hydroxylation is 1. The first-order valence-electron chi connectivity index (χ1n) is 10.7. The van der Waals surface area contributed by atoms with Gasteiger partial charge in [0.1, 0.15) is 6.61 Å². The number of nitrogens with zero attached hydrogens (tertiary/aromatic N) is 2. The van der Waals surface area contributed by atoms with E-state index in [1.807, 2.05) is 35.2 Å². The van der Waals surface area contributed by atoms with Gasteiger partial charge in [-0.15, -0.1) is 0 Å². The van der Waals surface area contributed by atoms with Gasteiger partial charge >= 0.3 is 6.09 Å². The van der Waals surface area contributed by atoms with E-state index >= 15 is 0 Å². The lowest BCUT2D eigenvalue weighted by Crippen LogP contribution is -2.39. The van der Waals surface area contributed by atoms with Crippen molar-refractivity contribution in [2.24, 2.45) is 5.41 Å². The molecule has 0 bridgehead atoms. The third-order valence-electron chi connectivity index (χ3n) is 6.43. The molecule has 1 unspecified atom stereocenters. The number of hydrogen-bond donors (Lipinski definition) is 0. The van der Waals surface area contributed by atoms with Crippen molar-refractivity contribution in [3.63, 3.8) is 0 Å². The average molecular weight is 401 g/mol. The minimum Gasteiger partial charge on any atom is -0.445 e. The third-order valence-corrected chi connectivity index (χ3v) is 6.43. The van der Waals surface area contributed by atoms with Gasteiger partial charge in [0.15, 0.2) is 0 Å². The second kappa shape index (κ2) is 8.75. The van der Waals surface area contributed by atoms with Gasteiger partial charge in [-0.05, 0) is 60.8 Å². The molecule has 2 fully saturated rings. The SMILES string of the molecule is C=CCOC(=O)N(CC1(CCc2ccc(C#N)cc2)CC1)[C@H]1CC1c1ccccc1. The zero-order valence-corrected chi connectivity index (χ0v) is 17.3. The maximum absolute atomic E-state index is 12.8. The standard InChI is InChI=1S/C26H28N2O2/c1-2-16-30-25(29)28(24-17-23(24)22-6-4-3-5-7-22)19-26(14-15-26)13-12-20-8-10-21(18-27)11-9-20/h2-11,23-24H,1,12-17,19H2/t23?,24-/m0/s1. The molecule has 1 amide bonds. The lowest BCUT2D eigenvalue weighted by atomic mass is 9.95. The topological polar surface area (TPSA) is 53.3 Å². The van der Waals surface area contributed by atoms with E-state index in [0.717, 1.165) is 38.6 Å². The van der Waals surface area contributed by atoms with Gasteiger partial charge in [-0.2, -0.15) is 5.26 Å². The van der Waals surface area contributed by atoms with Crippen LogP contribution in [-0.2, 0) is 11.2 Å². The van der Waals surface area contributed by atoms with Crippen LogP contribution in [0.1, 0.15) is 48.3 Å². The molecule has 0 saturated heterocycles. The number of carbonyl (C=O) groups is 1. The molecule has 2 aliphatic rings. The summed E-state index contributed by atoms with van der Waals surface area (Å²) in [5.41, 5.74) is 3.42. The molecule has 2 aliphatic carbocycles. The van der Waals surface area contributed by atoms with Gasteiger partial charge in [0.05, 0.1) is 11.6 Å². The molecule has 2 saturated carbocycles.